The largest absolute Gasteiger partial charge is 0.393 e. The van der Waals surface area contributed by atoms with Crippen molar-refractivity contribution in [2.45, 2.75) is 18.6 Å². The molecule has 0 fully saturated rings. The third kappa shape index (κ3) is 3.80. The Morgan fingerprint density at radius 3 is 2.69 bits per heavy atom. The van der Waals surface area contributed by atoms with Gasteiger partial charge >= 0.3 is 0 Å². The van der Waals surface area contributed by atoms with Crippen LogP contribution >= 0.6 is 22.9 Å². The fourth-order valence-corrected chi connectivity index (χ4v) is 4.78. The number of halogens is 1. The normalized spacial score (nSPS) is 14.7. The molecule has 29 heavy (non-hydrogen) atoms. The molecule has 0 aliphatic carbocycles. The predicted octanol–water partition coefficient (Wildman–Crippen LogP) is 4.86. The van der Waals surface area contributed by atoms with E-state index in [-0.39, 0.29) is 12.6 Å². The molecule has 0 aliphatic rings. The molecule has 0 bridgehead atoms. The maximum atomic E-state index is 10.4. The van der Waals surface area contributed by atoms with Gasteiger partial charge < -0.3 is 15.9 Å². The van der Waals surface area contributed by atoms with Crippen LogP contribution in [0.15, 0.2) is 66.9 Å². The minimum atomic E-state index is -1.32. The van der Waals surface area contributed by atoms with E-state index in [9.17, 15) is 10.2 Å². The Morgan fingerprint density at radius 2 is 1.93 bits per heavy atom. The van der Waals surface area contributed by atoms with Crippen LogP contribution in [0.2, 0.25) is 5.02 Å². The summed E-state index contributed by atoms with van der Waals surface area (Å²) in [5, 5.41) is 21.6. The van der Waals surface area contributed by atoms with Gasteiger partial charge in [-0.2, -0.15) is 0 Å². The van der Waals surface area contributed by atoms with Crippen molar-refractivity contribution in [1.29, 1.82) is 0 Å². The van der Waals surface area contributed by atoms with Gasteiger partial charge in [-0.15, -0.1) is 11.3 Å². The van der Waals surface area contributed by atoms with Crippen molar-refractivity contribution < 1.29 is 10.2 Å². The van der Waals surface area contributed by atoms with Crippen LogP contribution < -0.4 is 5.73 Å². The second kappa shape index (κ2) is 7.86. The van der Waals surface area contributed by atoms with Crippen molar-refractivity contribution in [2.24, 2.45) is 5.73 Å². The number of hydrogen-bond acceptors (Lipinski definition) is 5. The molecule has 2 unspecified atom stereocenters. The zero-order chi connectivity index (χ0) is 20.6. The topological polar surface area (TPSA) is 79.4 Å². The maximum absolute atomic E-state index is 10.4. The third-order valence-corrected chi connectivity index (χ3v) is 6.69. The summed E-state index contributed by atoms with van der Waals surface area (Å²) in [5.41, 5.74) is 8.40. The zero-order valence-electron chi connectivity index (χ0n) is 15.8. The van der Waals surface area contributed by atoms with Gasteiger partial charge in [0, 0.05) is 26.4 Å². The Bertz CT molecular complexity index is 1170. The monoisotopic (exact) mass is 424 g/mol. The summed E-state index contributed by atoms with van der Waals surface area (Å²) in [4.78, 5) is 5.51. The van der Waals surface area contributed by atoms with Gasteiger partial charge in [0.25, 0.3) is 0 Å². The summed E-state index contributed by atoms with van der Waals surface area (Å²) in [6.07, 6.45) is 1.65. The molecule has 4 nitrogen and oxygen atoms in total. The number of thiophene rings is 1. The van der Waals surface area contributed by atoms with Gasteiger partial charge in [0.15, 0.2) is 0 Å². The molecule has 0 radical (unpaired) electrons. The van der Waals surface area contributed by atoms with Crippen LogP contribution in [0.4, 0.5) is 0 Å². The summed E-state index contributed by atoms with van der Waals surface area (Å²) in [7, 11) is 0. The number of nitrogens with zero attached hydrogens (tertiary/aromatic N) is 1. The zero-order valence-corrected chi connectivity index (χ0v) is 17.4. The van der Waals surface area contributed by atoms with E-state index in [4.69, 9.17) is 17.3 Å². The van der Waals surface area contributed by atoms with Crippen molar-refractivity contribution in [3.8, 4) is 11.3 Å². The molecule has 4 N–H and O–H groups in total. The average molecular weight is 425 g/mol. The molecule has 2 heterocycles. The van der Waals surface area contributed by atoms with Gasteiger partial charge in [-0.25, -0.2) is 0 Å². The van der Waals surface area contributed by atoms with Gasteiger partial charge in [-0.05, 0) is 47.7 Å². The van der Waals surface area contributed by atoms with Crippen LogP contribution in [0.1, 0.15) is 29.0 Å². The highest BCUT2D eigenvalue weighted by Gasteiger charge is 2.23. The van der Waals surface area contributed by atoms with Crippen LogP contribution in [-0.4, -0.2) is 21.8 Å². The van der Waals surface area contributed by atoms with Crippen molar-refractivity contribution in [2.75, 3.05) is 6.61 Å². The van der Waals surface area contributed by atoms with Crippen LogP contribution in [0, 0.1) is 0 Å². The van der Waals surface area contributed by atoms with Crippen molar-refractivity contribution in [3.05, 3.63) is 87.9 Å². The summed E-state index contributed by atoms with van der Waals surface area (Å²) >= 11 is 7.95. The van der Waals surface area contributed by atoms with Gasteiger partial charge in [0.2, 0.25) is 0 Å². The first-order valence-corrected chi connectivity index (χ1v) is 10.4. The highest BCUT2D eigenvalue weighted by atomic mass is 35.5. The lowest BCUT2D eigenvalue weighted by molar-refractivity contribution is -0.00230. The Morgan fingerprint density at radius 1 is 1.14 bits per heavy atom. The lowest BCUT2D eigenvalue weighted by atomic mass is 9.96. The number of hydrogen-bond donors (Lipinski definition) is 3. The van der Waals surface area contributed by atoms with E-state index in [1.165, 1.54) is 0 Å². The van der Waals surface area contributed by atoms with Gasteiger partial charge in [0.1, 0.15) is 5.60 Å². The van der Waals surface area contributed by atoms with Crippen molar-refractivity contribution >= 4 is 33.0 Å². The molecular formula is C23H21ClN2O2S. The number of aliphatic hydroxyl groups is 2. The molecule has 6 heteroatoms. The van der Waals surface area contributed by atoms with Crippen LogP contribution in [0.5, 0.6) is 0 Å². The minimum Gasteiger partial charge on any atom is -0.393 e. The Hall–Kier alpha value is -2.28. The summed E-state index contributed by atoms with van der Waals surface area (Å²) in [6, 6.07) is 18.9. The molecule has 2 atom stereocenters. The Balaban J connectivity index is 1.80. The quantitative estimate of drug-likeness (QED) is 0.427. The van der Waals surface area contributed by atoms with E-state index in [0.717, 1.165) is 31.8 Å². The van der Waals surface area contributed by atoms with Crippen molar-refractivity contribution in [3.63, 3.8) is 0 Å². The maximum Gasteiger partial charge on any atom is 0.110 e. The highest BCUT2D eigenvalue weighted by Crippen LogP contribution is 2.39. The van der Waals surface area contributed by atoms with Gasteiger partial charge in [-0.1, -0.05) is 48.0 Å². The fraction of sp³-hybridized carbons (Fsp3) is 0.174. The number of aromatic nitrogens is 1. The van der Waals surface area contributed by atoms with Gasteiger partial charge in [0.05, 0.1) is 18.3 Å². The molecule has 2 aromatic heterocycles. The molecule has 0 saturated carbocycles. The molecule has 0 saturated heterocycles. The highest BCUT2D eigenvalue weighted by molar-refractivity contribution is 7.19. The number of benzene rings is 2. The molecule has 0 amide bonds. The average Bonchev–Trinajstić information content (AvgIpc) is 3.18. The van der Waals surface area contributed by atoms with E-state index in [1.54, 1.807) is 30.5 Å². The molecule has 4 aromatic rings. The number of nitrogens with two attached hydrogens (primary N) is 1. The van der Waals surface area contributed by atoms with Crippen LogP contribution in [0.25, 0.3) is 21.3 Å². The smallest absolute Gasteiger partial charge is 0.110 e. The Kier molecular flexibility index (Phi) is 5.42. The third-order valence-electron chi connectivity index (χ3n) is 5.08. The number of aliphatic hydroxyl groups excluding tert-OH is 1. The van der Waals surface area contributed by atoms with Gasteiger partial charge in [-0.3, -0.25) is 4.98 Å². The van der Waals surface area contributed by atoms with E-state index >= 15 is 0 Å². The molecule has 2 aromatic carbocycles. The lowest BCUT2D eigenvalue weighted by Crippen LogP contribution is -2.25. The number of fused-ring (bicyclic) bond motifs is 1. The van der Waals surface area contributed by atoms with Crippen molar-refractivity contribution in [1.82, 2.24) is 4.98 Å². The summed E-state index contributed by atoms with van der Waals surface area (Å²) in [6.45, 7) is 1.22. The summed E-state index contributed by atoms with van der Waals surface area (Å²) < 4.78 is 1.07. The van der Waals surface area contributed by atoms with E-state index < -0.39 is 5.60 Å². The second-order valence-corrected chi connectivity index (χ2v) is 8.72. The fourth-order valence-electron chi connectivity index (χ4n) is 3.32. The SMILES string of the molecule is CC(O)(CO)c1ccnc(-c2cccc3cc(C(N)c4ccccc4Cl)sc23)c1. The molecule has 4 rings (SSSR count). The minimum absolute atomic E-state index is 0.316. The first-order chi connectivity index (χ1) is 13.9. The van der Waals surface area contributed by atoms with Crippen LogP contribution in [0.3, 0.4) is 0 Å². The molecule has 0 aliphatic heterocycles. The van der Waals surface area contributed by atoms with E-state index in [1.807, 2.05) is 48.5 Å². The Labute approximate surface area is 178 Å². The number of rotatable bonds is 5. The molecule has 0 spiro atoms. The predicted molar refractivity (Wildman–Crippen MR) is 119 cm³/mol. The van der Waals surface area contributed by atoms with E-state index in [0.29, 0.717) is 10.6 Å². The second-order valence-electron chi connectivity index (χ2n) is 7.23. The first-order valence-electron chi connectivity index (χ1n) is 9.23. The first kappa shape index (κ1) is 20.0. The molecule has 148 valence electrons. The van der Waals surface area contributed by atoms with E-state index in [2.05, 4.69) is 11.1 Å². The summed E-state index contributed by atoms with van der Waals surface area (Å²) in [5.74, 6) is 0. The van der Waals surface area contributed by atoms with Crippen LogP contribution in [-0.2, 0) is 5.60 Å². The number of pyridine rings is 1. The lowest BCUT2D eigenvalue weighted by Gasteiger charge is -2.21. The molecular weight excluding hydrogens is 404 g/mol. The standard InChI is InChI=1S/C23H21ClN2O2S/c1-23(28,13-27)15-9-10-26-19(12-15)17-7-4-5-14-11-20(29-22(14)17)21(25)16-6-2-3-8-18(16)24/h2-12,21,27-28H,13,25H2,1H3.